The van der Waals surface area contributed by atoms with E-state index in [2.05, 4.69) is 25.9 Å². The third-order valence-electron chi connectivity index (χ3n) is 5.01. The smallest absolute Gasteiger partial charge is 0.162 e. The van der Waals surface area contributed by atoms with Gasteiger partial charge in [0.15, 0.2) is 5.82 Å². The van der Waals surface area contributed by atoms with Crippen LogP contribution < -0.4 is 0 Å². The van der Waals surface area contributed by atoms with Crippen molar-refractivity contribution in [3.8, 4) is 21.8 Å². The van der Waals surface area contributed by atoms with Crippen molar-refractivity contribution in [1.29, 1.82) is 0 Å². The van der Waals surface area contributed by atoms with E-state index >= 15 is 0 Å². The quantitative estimate of drug-likeness (QED) is 0.507. The molecule has 3 aromatic heterocycles. The molecule has 1 aliphatic rings. The molecule has 0 atom stereocenters. The van der Waals surface area contributed by atoms with E-state index in [1.165, 1.54) is 17.3 Å². The second kappa shape index (κ2) is 7.77. The summed E-state index contributed by atoms with van der Waals surface area (Å²) in [6.07, 6.45) is 7.75. The van der Waals surface area contributed by atoms with E-state index < -0.39 is 0 Å². The van der Waals surface area contributed by atoms with Crippen molar-refractivity contribution in [2.75, 3.05) is 6.54 Å². The Labute approximate surface area is 172 Å². The summed E-state index contributed by atoms with van der Waals surface area (Å²) in [6.45, 7) is 2.59. The fraction of sp³-hybridized carbons (Fsp3) is 0.182. The van der Waals surface area contributed by atoms with Gasteiger partial charge < -0.3 is 0 Å². The van der Waals surface area contributed by atoms with Gasteiger partial charge in [0.25, 0.3) is 0 Å². The zero-order valence-electron chi connectivity index (χ0n) is 15.6. The van der Waals surface area contributed by atoms with Gasteiger partial charge in [-0.05, 0) is 18.2 Å². The molecular formula is C22H18FN5S. The summed E-state index contributed by atoms with van der Waals surface area (Å²) < 4.78 is 14.0. The average molecular weight is 403 g/mol. The number of fused-ring (bicyclic) bond motifs is 1. The average Bonchev–Trinajstić information content (AvgIpc) is 3.22. The van der Waals surface area contributed by atoms with Crippen LogP contribution in [0.5, 0.6) is 0 Å². The van der Waals surface area contributed by atoms with E-state index in [-0.39, 0.29) is 5.82 Å². The lowest BCUT2D eigenvalue weighted by Crippen LogP contribution is -2.30. The molecule has 5 rings (SSSR count). The van der Waals surface area contributed by atoms with Gasteiger partial charge in [0, 0.05) is 65.5 Å². The van der Waals surface area contributed by atoms with Gasteiger partial charge in [0.05, 0.1) is 11.3 Å². The topological polar surface area (TPSA) is 54.8 Å². The van der Waals surface area contributed by atoms with Gasteiger partial charge in [-0.3, -0.25) is 4.90 Å². The molecule has 29 heavy (non-hydrogen) atoms. The van der Waals surface area contributed by atoms with E-state index in [0.717, 1.165) is 47.8 Å². The van der Waals surface area contributed by atoms with Crippen molar-refractivity contribution in [2.45, 2.75) is 19.5 Å². The molecule has 4 aromatic rings. The molecule has 0 N–H and O–H groups in total. The number of benzene rings is 1. The van der Waals surface area contributed by atoms with Crippen molar-refractivity contribution < 1.29 is 4.39 Å². The number of halogens is 1. The van der Waals surface area contributed by atoms with Crippen LogP contribution in [0.3, 0.4) is 0 Å². The SMILES string of the molecule is Fc1ccccc1-c1ccc(CN2CCc3nc(-c4cncnc4)ncc3C2)s1. The molecule has 0 unspecified atom stereocenters. The van der Waals surface area contributed by atoms with Crippen LogP contribution in [-0.4, -0.2) is 31.4 Å². The highest BCUT2D eigenvalue weighted by molar-refractivity contribution is 7.15. The molecule has 0 spiro atoms. The van der Waals surface area contributed by atoms with E-state index in [1.807, 2.05) is 24.4 Å². The van der Waals surface area contributed by atoms with E-state index in [9.17, 15) is 4.39 Å². The Morgan fingerprint density at radius 2 is 1.90 bits per heavy atom. The largest absolute Gasteiger partial charge is 0.293 e. The van der Waals surface area contributed by atoms with E-state index in [4.69, 9.17) is 4.98 Å². The highest BCUT2D eigenvalue weighted by Crippen LogP contribution is 2.31. The van der Waals surface area contributed by atoms with Crippen LogP contribution in [0.2, 0.25) is 0 Å². The third-order valence-corrected chi connectivity index (χ3v) is 6.12. The molecule has 5 nitrogen and oxygen atoms in total. The minimum Gasteiger partial charge on any atom is -0.293 e. The van der Waals surface area contributed by atoms with Crippen LogP contribution in [-0.2, 0) is 19.5 Å². The molecule has 0 bridgehead atoms. The van der Waals surface area contributed by atoms with E-state index in [1.54, 1.807) is 29.8 Å². The van der Waals surface area contributed by atoms with Gasteiger partial charge >= 0.3 is 0 Å². The number of aromatic nitrogens is 4. The summed E-state index contributed by atoms with van der Waals surface area (Å²) in [4.78, 5) is 21.9. The standard InChI is InChI=1S/C22H18FN5S/c23-19-4-2-1-3-18(19)21-6-5-17(29-21)13-28-8-7-20-16(12-28)11-26-22(27-20)15-9-24-14-25-10-15/h1-6,9-11,14H,7-8,12-13H2. The predicted octanol–water partition coefficient (Wildman–Crippen LogP) is 4.36. The van der Waals surface area contributed by atoms with Gasteiger partial charge in [-0.15, -0.1) is 11.3 Å². The summed E-state index contributed by atoms with van der Waals surface area (Å²) in [7, 11) is 0. The minimum atomic E-state index is -0.176. The van der Waals surface area contributed by atoms with Crippen molar-refractivity contribution in [1.82, 2.24) is 24.8 Å². The first-order valence-corrected chi connectivity index (χ1v) is 10.2. The molecule has 1 aromatic carbocycles. The monoisotopic (exact) mass is 403 g/mol. The highest BCUT2D eigenvalue weighted by Gasteiger charge is 2.20. The Morgan fingerprint density at radius 3 is 2.76 bits per heavy atom. The summed E-state index contributed by atoms with van der Waals surface area (Å²) in [5.41, 5.74) is 3.74. The van der Waals surface area contributed by atoms with Crippen LogP contribution in [0.25, 0.3) is 21.8 Å². The number of hydrogen-bond donors (Lipinski definition) is 0. The molecular weight excluding hydrogens is 385 g/mol. The zero-order valence-corrected chi connectivity index (χ0v) is 16.4. The molecule has 1 aliphatic heterocycles. The molecule has 7 heteroatoms. The van der Waals surface area contributed by atoms with Crippen molar-refractivity contribution in [3.63, 3.8) is 0 Å². The van der Waals surface area contributed by atoms with Crippen LogP contribution in [0.15, 0.2) is 61.3 Å². The minimum absolute atomic E-state index is 0.176. The maximum Gasteiger partial charge on any atom is 0.162 e. The Balaban J connectivity index is 1.30. The fourth-order valence-electron chi connectivity index (χ4n) is 3.55. The van der Waals surface area contributed by atoms with Gasteiger partial charge in [-0.1, -0.05) is 18.2 Å². The lowest BCUT2D eigenvalue weighted by Gasteiger charge is -2.27. The zero-order chi connectivity index (χ0) is 19.6. The maximum absolute atomic E-state index is 14.0. The molecule has 144 valence electrons. The summed E-state index contributed by atoms with van der Waals surface area (Å²) in [5, 5.41) is 0. The molecule has 0 radical (unpaired) electrons. The molecule has 0 saturated heterocycles. The van der Waals surface area contributed by atoms with Crippen LogP contribution >= 0.6 is 11.3 Å². The van der Waals surface area contributed by atoms with Gasteiger partial charge in [-0.2, -0.15) is 0 Å². The maximum atomic E-state index is 14.0. The fourth-order valence-corrected chi connectivity index (χ4v) is 4.63. The molecule has 0 aliphatic carbocycles. The Hall–Kier alpha value is -3.03. The molecule has 0 saturated carbocycles. The van der Waals surface area contributed by atoms with Gasteiger partial charge in [-0.25, -0.2) is 24.3 Å². The first kappa shape index (κ1) is 18.0. The molecule has 0 amide bonds. The predicted molar refractivity (Wildman–Crippen MR) is 111 cm³/mol. The first-order valence-electron chi connectivity index (χ1n) is 9.42. The number of nitrogens with zero attached hydrogens (tertiary/aromatic N) is 5. The second-order valence-electron chi connectivity index (χ2n) is 7.00. The van der Waals surface area contributed by atoms with Crippen LogP contribution in [0.1, 0.15) is 16.1 Å². The van der Waals surface area contributed by atoms with Gasteiger partial charge in [0.2, 0.25) is 0 Å². The number of hydrogen-bond acceptors (Lipinski definition) is 6. The van der Waals surface area contributed by atoms with Crippen molar-refractivity contribution >= 4 is 11.3 Å². The lowest BCUT2D eigenvalue weighted by molar-refractivity contribution is 0.245. The van der Waals surface area contributed by atoms with Crippen LogP contribution in [0.4, 0.5) is 4.39 Å². The third kappa shape index (κ3) is 3.79. The summed E-state index contributed by atoms with van der Waals surface area (Å²) in [6, 6.07) is 11.0. The number of thiophene rings is 1. The molecule has 4 heterocycles. The number of rotatable bonds is 4. The second-order valence-corrected chi connectivity index (χ2v) is 8.17. The molecule has 0 fully saturated rings. The summed E-state index contributed by atoms with van der Waals surface area (Å²) in [5.74, 6) is 0.496. The Bertz CT molecular complexity index is 1140. The van der Waals surface area contributed by atoms with Crippen molar-refractivity contribution in [3.05, 3.63) is 83.3 Å². The van der Waals surface area contributed by atoms with E-state index in [0.29, 0.717) is 11.4 Å². The lowest BCUT2D eigenvalue weighted by atomic mass is 10.1. The summed E-state index contributed by atoms with van der Waals surface area (Å²) >= 11 is 1.65. The normalized spacial score (nSPS) is 14.0. The first-order chi connectivity index (χ1) is 14.3. The highest BCUT2D eigenvalue weighted by atomic mass is 32.1. The van der Waals surface area contributed by atoms with Gasteiger partial charge in [0.1, 0.15) is 12.1 Å². The Kier molecular flexibility index (Phi) is 4.83. The van der Waals surface area contributed by atoms with Crippen LogP contribution in [0, 0.1) is 5.82 Å². The Morgan fingerprint density at radius 1 is 1.03 bits per heavy atom. The van der Waals surface area contributed by atoms with Crippen molar-refractivity contribution in [2.24, 2.45) is 0 Å².